The molecule has 1 atom stereocenters. The van der Waals surface area contributed by atoms with E-state index >= 15 is 0 Å². The van der Waals surface area contributed by atoms with Crippen LogP contribution >= 0.6 is 0 Å². The molecule has 2 heterocycles. The van der Waals surface area contributed by atoms with Gasteiger partial charge >= 0.3 is 0 Å². The van der Waals surface area contributed by atoms with E-state index in [1.54, 1.807) is 38.8 Å². The van der Waals surface area contributed by atoms with E-state index in [4.69, 9.17) is 4.74 Å². The van der Waals surface area contributed by atoms with E-state index < -0.39 is 17.9 Å². The minimum absolute atomic E-state index is 0.345. The van der Waals surface area contributed by atoms with Crippen LogP contribution in [0, 0.1) is 0 Å². The number of nitrogens with zero attached hydrogens (tertiary/aromatic N) is 3. The van der Waals surface area contributed by atoms with Crippen molar-refractivity contribution >= 4 is 17.5 Å². The van der Waals surface area contributed by atoms with Crippen LogP contribution in [0.5, 0.6) is 5.75 Å². The van der Waals surface area contributed by atoms with Gasteiger partial charge in [0.2, 0.25) is 5.91 Å². The summed E-state index contributed by atoms with van der Waals surface area (Å²) < 4.78 is 6.92. The zero-order valence-corrected chi connectivity index (χ0v) is 22.2. The Labute approximate surface area is 232 Å². The highest BCUT2D eigenvalue weighted by molar-refractivity contribution is 6.01. The van der Waals surface area contributed by atoms with E-state index in [9.17, 15) is 9.59 Å². The van der Waals surface area contributed by atoms with Gasteiger partial charge in [0, 0.05) is 36.6 Å². The van der Waals surface area contributed by atoms with E-state index in [2.05, 4.69) is 20.7 Å². The monoisotopic (exact) mass is 531 g/mol. The molecule has 2 N–H and O–H groups in total. The van der Waals surface area contributed by atoms with Crippen LogP contribution in [-0.4, -0.2) is 39.7 Å². The number of aromatic nitrogens is 3. The van der Waals surface area contributed by atoms with Crippen LogP contribution in [0.3, 0.4) is 0 Å². The lowest BCUT2D eigenvalue weighted by atomic mass is 9.84. The molecule has 8 heteroatoms. The Kier molecular flexibility index (Phi) is 7.97. The quantitative estimate of drug-likeness (QED) is 0.277. The van der Waals surface area contributed by atoms with Crippen LogP contribution in [0.2, 0.25) is 0 Å². The van der Waals surface area contributed by atoms with E-state index in [1.807, 2.05) is 91.0 Å². The molecule has 0 saturated heterocycles. The second-order valence-electron chi connectivity index (χ2n) is 9.23. The van der Waals surface area contributed by atoms with Crippen molar-refractivity contribution < 1.29 is 14.3 Å². The molecule has 0 aliphatic rings. The highest BCUT2D eigenvalue weighted by atomic mass is 16.5. The average molecular weight is 532 g/mol. The molecule has 0 bridgehead atoms. The first-order chi connectivity index (χ1) is 19.5. The molecule has 0 aliphatic carbocycles. The summed E-state index contributed by atoms with van der Waals surface area (Å²) in [7, 11) is 3.29. The summed E-state index contributed by atoms with van der Waals surface area (Å²) in [6.45, 7) is 0. The predicted octanol–water partition coefficient (Wildman–Crippen LogP) is 5.06. The fourth-order valence-corrected chi connectivity index (χ4v) is 4.74. The lowest BCUT2D eigenvalue weighted by Gasteiger charge is -2.28. The molecule has 40 heavy (non-hydrogen) atoms. The van der Waals surface area contributed by atoms with Crippen molar-refractivity contribution in [1.82, 2.24) is 20.1 Å². The highest BCUT2D eigenvalue weighted by Crippen LogP contribution is 2.31. The number of methoxy groups -OCH3 is 1. The number of benzene rings is 3. The number of hydrogen-bond acceptors (Lipinski definition) is 5. The minimum Gasteiger partial charge on any atom is -0.494 e. The maximum Gasteiger partial charge on any atom is 0.270 e. The fourth-order valence-electron chi connectivity index (χ4n) is 4.74. The van der Waals surface area contributed by atoms with Gasteiger partial charge in [-0.3, -0.25) is 19.3 Å². The molecule has 0 aliphatic heterocycles. The SMILES string of the molecule is COc1cnccc1-c1ccc(NC(=O)C(NC(=O)c2ccnn2C)C(c2ccccc2)c2ccccc2)cc1. The van der Waals surface area contributed by atoms with Crippen molar-refractivity contribution in [3.8, 4) is 16.9 Å². The lowest BCUT2D eigenvalue weighted by Crippen LogP contribution is -2.48. The molecule has 0 saturated carbocycles. The Balaban J connectivity index is 1.48. The lowest BCUT2D eigenvalue weighted by molar-refractivity contribution is -0.118. The van der Waals surface area contributed by atoms with Gasteiger partial charge in [0.25, 0.3) is 5.91 Å². The van der Waals surface area contributed by atoms with Gasteiger partial charge in [-0.25, -0.2) is 0 Å². The van der Waals surface area contributed by atoms with Gasteiger partial charge in [0.1, 0.15) is 17.5 Å². The molecule has 0 radical (unpaired) electrons. The second-order valence-corrected chi connectivity index (χ2v) is 9.23. The van der Waals surface area contributed by atoms with Crippen molar-refractivity contribution in [2.75, 3.05) is 12.4 Å². The zero-order chi connectivity index (χ0) is 27.9. The van der Waals surface area contributed by atoms with E-state index in [-0.39, 0.29) is 5.91 Å². The van der Waals surface area contributed by atoms with Crippen LogP contribution < -0.4 is 15.4 Å². The third-order valence-corrected chi connectivity index (χ3v) is 6.74. The normalized spacial score (nSPS) is 11.6. The summed E-state index contributed by atoms with van der Waals surface area (Å²) in [6.07, 6.45) is 4.92. The first kappa shape index (κ1) is 26.4. The summed E-state index contributed by atoms with van der Waals surface area (Å²) in [6, 6.07) is 29.4. The Bertz CT molecular complexity index is 1540. The summed E-state index contributed by atoms with van der Waals surface area (Å²) in [4.78, 5) is 31.4. The third-order valence-electron chi connectivity index (χ3n) is 6.74. The molecule has 1 unspecified atom stereocenters. The number of rotatable bonds is 9. The Morgan fingerprint density at radius 2 is 1.48 bits per heavy atom. The van der Waals surface area contributed by atoms with Gasteiger partial charge in [0.05, 0.1) is 13.3 Å². The van der Waals surface area contributed by atoms with Gasteiger partial charge in [-0.1, -0.05) is 72.8 Å². The van der Waals surface area contributed by atoms with Gasteiger partial charge in [0.15, 0.2) is 0 Å². The van der Waals surface area contributed by atoms with Crippen LogP contribution in [0.15, 0.2) is 116 Å². The molecular weight excluding hydrogens is 502 g/mol. The fraction of sp³-hybridized carbons (Fsp3) is 0.125. The number of carbonyl (C=O) groups excluding carboxylic acids is 2. The molecule has 0 spiro atoms. The Morgan fingerprint density at radius 3 is 2.05 bits per heavy atom. The maximum atomic E-state index is 14.0. The van der Waals surface area contributed by atoms with Crippen molar-refractivity contribution in [1.29, 1.82) is 0 Å². The maximum absolute atomic E-state index is 14.0. The van der Waals surface area contributed by atoms with Crippen LogP contribution in [0.4, 0.5) is 5.69 Å². The molecule has 2 amide bonds. The Morgan fingerprint density at radius 1 is 0.825 bits per heavy atom. The van der Waals surface area contributed by atoms with E-state index in [0.29, 0.717) is 17.1 Å². The molecular formula is C32H29N5O3. The summed E-state index contributed by atoms with van der Waals surface area (Å²) in [5.41, 5.74) is 4.57. The first-order valence-electron chi connectivity index (χ1n) is 12.8. The number of amides is 2. The minimum atomic E-state index is -0.924. The molecule has 5 aromatic rings. The number of nitrogens with one attached hydrogen (secondary N) is 2. The third kappa shape index (κ3) is 5.76. The molecule has 2 aromatic heterocycles. The highest BCUT2D eigenvalue weighted by Gasteiger charge is 2.33. The number of anilines is 1. The molecule has 8 nitrogen and oxygen atoms in total. The number of ether oxygens (including phenoxy) is 1. The van der Waals surface area contributed by atoms with Crippen LogP contribution in [0.25, 0.3) is 11.1 Å². The summed E-state index contributed by atoms with van der Waals surface area (Å²) in [5.74, 6) is -0.523. The smallest absolute Gasteiger partial charge is 0.270 e. The van der Waals surface area contributed by atoms with Crippen LogP contribution in [-0.2, 0) is 11.8 Å². The van der Waals surface area contributed by atoms with Gasteiger partial charge in [-0.05, 0) is 41.0 Å². The van der Waals surface area contributed by atoms with Gasteiger partial charge < -0.3 is 15.4 Å². The molecule has 0 fully saturated rings. The van der Waals surface area contributed by atoms with Gasteiger partial charge in [-0.2, -0.15) is 5.10 Å². The number of pyridine rings is 1. The largest absolute Gasteiger partial charge is 0.494 e. The predicted molar refractivity (Wildman–Crippen MR) is 154 cm³/mol. The first-order valence-corrected chi connectivity index (χ1v) is 12.8. The second kappa shape index (κ2) is 12.1. The van der Waals surface area contributed by atoms with Gasteiger partial charge in [-0.15, -0.1) is 0 Å². The molecule has 3 aromatic carbocycles. The number of hydrogen-bond donors (Lipinski definition) is 2. The number of aryl methyl sites for hydroxylation is 1. The topological polar surface area (TPSA) is 98.1 Å². The summed E-state index contributed by atoms with van der Waals surface area (Å²) in [5, 5.41) is 10.1. The average Bonchev–Trinajstić information content (AvgIpc) is 3.44. The molecule has 200 valence electrons. The van der Waals surface area contributed by atoms with Crippen molar-refractivity contribution in [2.45, 2.75) is 12.0 Å². The van der Waals surface area contributed by atoms with Crippen molar-refractivity contribution in [3.05, 3.63) is 132 Å². The van der Waals surface area contributed by atoms with E-state index in [1.165, 1.54) is 4.68 Å². The molecule has 5 rings (SSSR count). The van der Waals surface area contributed by atoms with E-state index in [0.717, 1.165) is 22.3 Å². The Hall–Kier alpha value is -5.24. The zero-order valence-electron chi connectivity index (χ0n) is 22.2. The number of carbonyl (C=O) groups is 2. The van der Waals surface area contributed by atoms with Crippen LogP contribution in [0.1, 0.15) is 27.5 Å². The standard InChI is InChI=1S/C32H29N5O3/c1-37-27(18-20-34-37)31(38)36-30(29(23-9-5-3-6-10-23)24-11-7-4-8-12-24)32(39)35-25-15-13-22(14-16-25)26-17-19-33-21-28(26)40-2/h3-21,29-30H,1-2H3,(H,35,39)(H,36,38). The van der Waals surface area contributed by atoms with Crippen molar-refractivity contribution in [3.63, 3.8) is 0 Å². The summed E-state index contributed by atoms with van der Waals surface area (Å²) >= 11 is 0. The van der Waals surface area contributed by atoms with Crippen molar-refractivity contribution in [2.24, 2.45) is 7.05 Å².